The molecule has 102 valence electrons. The largest absolute Gasteiger partial charge is 0.494 e. The van der Waals surface area contributed by atoms with Gasteiger partial charge in [-0.25, -0.2) is 0 Å². The molecule has 0 aliphatic heterocycles. The average molecular weight is 284 g/mol. The maximum absolute atomic E-state index is 6.27. The zero-order chi connectivity index (χ0) is 14.0. The molecule has 2 aromatic rings. The van der Waals surface area contributed by atoms with Gasteiger partial charge in [-0.2, -0.15) is 5.10 Å². The van der Waals surface area contributed by atoms with Crippen LogP contribution in [0, 0.1) is 0 Å². The molecule has 0 atom stereocenters. The van der Waals surface area contributed by atoms with Crippen molar-refractivity contribution < 1.29 is 14.2 Å². The molecule has 0 aliphatic carbocycles. The van der Waals surface area contributed by atoms with Crippen molar-refractivity contribution in [3.05, 3.63) is 17.3 Å². The van der Waals surface area contributed by atoms with E-state index in [-0.39, 0.29) is 0 Å². The highest BCUT2D eigenvalue weighted by Gasteiger charge is 2.21. The molecule has 2 rings (SSSR count). The minimum Gasteiger partial charge on any atom is -0.494 e. The molecule has 1 aromatic carbocycles. The van der Waals surface area contributed by atoms with Gasteiger partial charge < -0.3 is 19.9 Å². The third kappa shape index (κ3) is 2.15. The molecule has 7 heteroatoms. The van der Waals surface area contributed by atoms with Gasteiger partial charge >= 0.3 is 0 Å². The van der Waals surface area contributed by atoms with Crippen LogP contribution in [0.5, 0.6) is 17.2 Å². The third-order valence-corrected chi connectivity index (χ3v) is 3.07. The molecule has 1 aromatic heterocycles. The van der Waals surface area contributed by atoms with Crippen molar-refractivity contribution in [2.24, 2.45) is 0 Å². The third-order valence-electron chi connectivity index (χ3n) is 2.73. The van der Waals surface area contributed by atoms with Crippen LogP contribution >= 0.6 is 11.6 Å². The Morgan fingerprint density at radius 1 is 1.11 bits per heavy atom. The van der Waals surface area contributed by atoms with Gasteiger partial charge in [-0.15, -0.1) is 0 Å². The van der Waals surface area contributed by atoms with Crippen LogP contribution < -0.4 is 19.9 Å². The number of methoxy groups -OCH3 is 3. The van der Waals surface area contributed by atoms with E-state index >= 15 is 0 Å². The number of rotatable bonds is 4. The number of aromatic amines is 1. The highest BCUT2D eigenvalue weighted by Crippen LogP contribution is 2.48. The Labute approximate surface area is 115 Å². The average Bonchev–Trinajstić information content (AvgIpc) is 2.83. The van der Waals surface area contributed by atoms with E-state index < -0.39 is 0 Å². The first kappa shape index (κ1) is 13.4. The second kappa shape index (κ2) is 5.27. The summed E-state index contributed by atoms with van der Waals surface area (Å²) in [7, 11) is 4.56. The van der Waals surface area contributed by atoms with Crippen molar-refractivity contribution in [1.82, 2.24) is 10.2 Å². The van der Waals surface area contributed by atoms with Crippen LogP contribution in [0.15, 0.2) is 12.3 Å². The molecule has 0 spiro atoms. The summed E-state index contributed by atoms with van der Waals surface area (Å²) in [6.07, 6.45) is 1.59. The molecule has 1 heterocycles. The van der Waals surface area contributed by atoms with Gasteiger partial charge in [-0.05, 0) is 6.07 Å². The summed E-state index contributed by atoms with van der Waals surface area (Å²) in [5.41, 5.74) is 7.18. The molecule has 0 fully saturated rings. The number of nitrogen functional groups attached to an aromatic ring is 1. The zero-order valence-electron chi connectivity index (χ0n) is 10.8. The maximum Gasteiger partial charge on any atom is 0.183 e. The lowest BCUT2D eigenvalue weighted by molar-refractivity contribution is 0.350. The lowest BCUT2D eigenvalue weighted by atomic mass is 10.1. The van der Waals surface area contributed by atoms with E-state index in [0.29, 0.717) is 39.2 Å². The molecular formula is C12H14ClN3O3. The second-order valence-corrected chi connectivity index (χ2v) is 4.08. The van der Waals surface area contributed by atoms with Gasteiger partial charge in [0.15, 0.2) is 11.5 Å². The number of nitrogens with one attached hydrogen (secondary N) is 1. The van der Waals surface area contributed by atoms with Crippen LogP contribution in [-0.2, 0) is 0 Å². The summed E-state index contributed by atoms with van der Waals surface area (Å²) in [6.45, 7) is 0. The minimum atomic E-state index is 0.319. The Hall–Kier alpha value is -2.08. The van der Waals surface area contributed by atoms with Crippen molar-refractivity contribution in [3.63, 3.8) is 0 Å². The number of benzene rings is 1. The molecular weight excluding hydrogens is 270 g/mol. The molecule has 0 amide bonds. The number of hydrogen-bond donors (Lipinski definition) is 2. The number of nitrogens with two attached hydrogens (primary N) is 1. The zero-order valence-corrected chi connectivity index (χ0v) is 11.5. The first-order valence-electron chi connectivity index (χ1n) is 5.41. The minimum absolute atomic E-state index is 0.319. The standard InChI is InChI=1S/C12H14ClN3O3/c1-17-8-4-6(7-5-15-16-12(7)14)10(18-2)9(13)11(8)19-3/h4-5H,1-3H3,(H3,14,15,16). The second-order valence-electron chi connectivity index (χ2n) is 3.70. The Morgan fingerprint density at radius 3 is 2.26 bits per heavy atom. The number of anilines is 1. The van der Waals surface area contributed by atoms with Gasteiger partial charge in [0.05, 0.1) is 27.5 Å². The fraction of sp³-hybridized carbons (Fsp3) is 0.250. The van der Waals surface area contributed by atoms with E-state index in [0.717, 1.165) is 0 Å². The Balaban J connectivity index is 2.74. The van der Waals surface area contributed by atoms with Gasteiger partial charge in [0, 0.05) is 11.1 Å². The molecule has 0 saturated carbocycles. The summed E-state index contributed by atoms with van der Waals surface area (Å²) in [4.78, 5) is 0. The van der Waals surface area contributed by atoms with Crippen molar-refractivity contribution in [2.45, 2.75) is 0 Å². The van der Waals surface area contributed by atoms with Crippen LogP contribution in [-0.4, -0.2) is 31.5 Å². The fourth-order valence-corrected chi connectivity index (χ4v) is 2.19. The number of aromatic nitrogens is 2. The quantitative estimate of drug-likeness (QED) is 0.900. The number of ether oxygens (including phenoxy) is 3. The topological polar surface area (TPSA) is 82.4 Å². The maximum atomic E-state index is 6.27. The van der Waals surface area contributed by atoms with Gasteiger partial charge in [0.25, 0.3) is 0 Å². The van der Waals surface area contributed by atoms with E-state index in [9.17, 15) is 0 Å². The van der Waals surface area contributed by atoms with Crippen molar-refractivity contribution in [2.75, 3.05) is 27.1 Å². The molecule has 3 N–H and O–H groups in total. The van der Waals surface area contributed by atoms with E-state index in [2.05, 4.69) is 10.2 Å². The van der Waals surface area contributed by atoms with Gasteiger partial charge in [0.2, 0.25) is 0 Å². The van der Waals surface area contributed by atoms with Gasteiger partial charge in [-0.1, -0.05) is 11.6 Å². The highest BCUT2D eigenvalue weighted by atomic mass is 35.5. The van der Waals surface area contributed by atoms with Gasteiger partial charge in [0.1, 0.15) is 16.6 Å². The fourth-order valence-electron chi connectivity index (χ4n) is 1.84. The molecule has 6 nitrogen and oxygen atoms in total. The SMILES string of the molecule is COc1cc(-c2cn[nH]c2N)c(OC)c(Cl)c1OC. The molecule has 0 radical (unpaired) electrons. The number of nitrogens with zero attached hydrogens (tertiary/aromatic N) is 1. The Bertz CT molecular complexity index is 598. The predicted molar refractivity (Wildman–Crippen MR) is 73.1 cm³/mol. The first-order chi connectivity index (χ1) is 9.13. The van der Waals surface area contributed by atoms with E-state index in [4.69, 9.17) is 31.5 Å². The van der Waals surface area contributed by atoms with E-state index in [1.54, 1.807) is 12.3 Å². The van der Waals surface area contributed by atoms with Crippen LogP contribution in [0.2, 0.25) is 5.02 Å². The van der Waals surface area contributed by atoms with Crippen LogP contribution in [0.3, 0.4) is 0 Å². The summed E-state index contributed by atoms with van der Waals surface area (Å²) < 4.78 is 15.8. The van der Waals surface area contributed by atoms with Crippen LogP contribution in [0.4, 0.5) is 5.82 Å². The smallest absolute Gasteiger partial charge is 0.183 e. The predicted octanol–water partition coefficient (Wildman–Crippen LogP) is 2.34. The molecule has 0 unspecified atom stereocenters. The molecule has 0 bridgehead atoms. The van der Waals surface area contributed by atoms with E-state index in [1.165, 1.54) is 21.3 Å². The van der Waals surface area contributed by atoms with Crippen LogP contribution in [0.1, 0.15) is 0 Å². The summed E-state index contributed by atoms with van der Waals surface area (Å²) in [6, 6.07) is 1.74. The highest BCUT2D eigenvalue weighted by molar-refractivity contribution is 6.34. The van der Waals surface area contributed by atoms with Crippen molar-refractivity contribution >= 4 is 17.4 Å². The normalized spacial score (nSPS) is 10.3. The lowest BCUT2D eigenvalue weighted by Gasteiger charge is -2.16. The number of hydrogen-bond acceptors (Lipinski definition) is 5. The lowest BCUT2D eigenvalue weighted by Crippen LogP contribution is -1.97. The Kier molecular flexibility index (Phi) is 3.71. The number of halogens is 1. The summed E-state index contributed by atoms with van der Waals surface area (Å²) in [5, 5.41) is 6.86. The van der Waals surface area contributed by atoms with Crippen LogP contribution in [0.25, 0.3) is 11.1 Å². The molecule has 19 heavy (non-hydrogen) atoms. The van der Waals surface area contributed by atoms with Crippen molar-refractivity contribution in [3.8, 4) is 28.4 Å². The molecule has 0 aliphatic rings. The number of H-pyrrole nitrogens is 1. The van der Waals surface area contributed by atoms with Crippen molar-refractivity contribution in [1.29, 1.82) is 0 Å². The Morgan fingerprint density at radius 2 is 1.79 bits per heavy atom. The summed E-state index contributed by atoms with van der Waals surface area (Å²) >= 11 is 6.27. The first-order valence-corrected chi connectivity index (χ1v) is 5.79. The van der Waals surface area contributed by atoms with E-state index in [1.807, 2.05) is 0 Å². The van der Waals surface area contributed by atoms with Gasteiger partial charge in [-0.3, -0.25) is 5.10 Å². The summed E-state index contributed by atoms with van der Waals surface area (Å²) in [5.74, 6) is 1.77. The molecule has 0 saturated heterocycles. The monoisotopic (exact) mass is 283 g/mol.